The molecule has 0 saturated heterocycles. The first-order chi connectivity index (χ1) is 42.2. The third-order valence-electron chi connectivity index (χ3n) is 17.6. The van der Waals surface area contributed by atoms with Crippen molar-refractivity contribution in [1.29, 1.82) is 0 Å². The number of nitrogens with zero attached hydrogens (tertiary/aromatic N) is 2. The molecule has 2 aliphatic rings. The predicted molar refractivity (Wildman–Crippen MR) is 368 cm³/mol. The summed E-state index contributed by atoms with van der Waals surface area (Å²) in [5, 5.41) is 22.4. The van der Waals surface area contributed by atoms with E-state index >= 15 is 0 Å². The molecule has 7 heteroatoms. The van der Waals surface area contributed by atoms with Gasteiger partial charge in [-0.1, -0.05) is 223 Å². The molecule has 0 saturated carbocycles. The second-order valence-corrected chi connectivity index (χ2v) is 29.8. The van der Waals surface area contributed by atoms with E-state index in [1.54, 1.807) is 0 Å². The SMILES string of the molecule is CCC(CC)C(=O)/C=C(\O)C(C)(CC)CC.[2H]c1cc2c3c(cc4c(CC(C)(C)C)cccc42)Oc2c([c-]c4ccccc4c2CC(C)(C)C)-c3n1.[2H]c1nc2c3c(cc4c(CC(C)(C)C)cccc4c3c1[2H])Oc1c-2[c-]c2cc(C)ccc2c1CC(C)(C)C.[Ir]. The van der Waals surface area contributed by atoms with Crippen molar-refractivity contribution in [3.8, 4) is 45.5 Å². The minimum absolute atomic E-state index is 0. The average Bonchev–Trinajstić information content (AvgIpc) is 0.719. The zero-order valence-corrected chi connectivity index (χ0v) is 57.8. The van der Waals surface area contributed by atoms with Crippen LogP contribution in [0.25, 0.3) is 87.1 Å². The summed E-state index contributed by atoms with van der Waals surface area (Å²) < 4.78 is 39.9. The van der Waals surface area contributed by atoms with E-state index in [4.69, 9.17) is 23.6 Å². The van der Waals surface area contributed by atoms with Gasteiger partial charge < -0.3 is 14.6 Å². The summed E-state index contributed by atoms with van der Waals surface area (Å²) in [4.78, 5) is 21.3. The monoisotopic (exact) mass is 1350 g/mol. The molecule has 4 heterocycles. The van der Waals surface area contributed by atoms with Gasteiger partial charge in [-0.05, 0) is 148 Å². The number of fused-ring (bicyclic) bond motifs is 10. The van der Waals surface area contributed by atoms with Crippen LogP contribution in [-0.4, -0.2) is 20.9 Å². The number of hydrogen-bond donors (Lipinski definition) is 1. The van der Waals surface area contributed by atoms with Gasteiger partial charge in [-0.3, -0.25) is 14.8 Å². The fraction of sp³-hybridized carbons (Fsp3) is 0.395. The van der Waals surface area contributed by atoms with Gasteiger partial charge in [0.2, 0.25) is 0 Å². The van der Waals surface area contributed by atoms with Crippen LogP contribution in [0.5, 0.6) is 23.0 Å². The Bertz CT molecular complexity index is 4510. The quantitative estimate of drug-likeness (QED) is 0.0601. The van der Waals surface area contributed by atoms with Gasteiger partial charge in [-0.15, -0.1) is 35.0 Å². The van der Waals surface area contributed by atoms with E-state index in [1.807, 2.05) is 40.7 Å². The smallest absolute Gasteiger partial charge is 0.162 e. The van der Waals surface area contributed by atoms with E-state index in [0.717, 1.165) is 145 Å². The van der Waals surface area contributed by atoms with Gasteiger partial charge in [0.05, 0.1) is 15.6 Å². The Morgan fingerprint density at radius 3 is 1.52 bits per heavy atom. The van der Waals surface area contributed by atoms with Crippen molar-refractivity contribution in [3.63, 3.8) is 0 Å². The second-order valence-electron chi connectivity index (χ2n) is 29.8. The van der Waals surface area contributed by atoms with Crippen LogP contribution in [-0.2, 0) is 50.6 Å². The van der Waals surface area contributed by atoms with Crippen LogP contribution in [0, 0.1) is 52.0 Å². The third kappa shape index (κ3) is 13.5. The average molecular weight is 1350 g/mol. The van der Waals surface area contributed by atoms with Gasteiger partial charge in [0.1, 0.15) is 17.3 Å². The van der Waals surface area contributed by atoms with Crippen molar-refractivity contribution in [3.05, 3.63) is 167 Å². The molecule has 2 aliphatic heterocycles. The maximum Gasteiger partial charge on any atom is 0.162 e. The number of ketones is 1. The standard InChI is InChI=1S/C34H34NO.C33H32NO.C14H26O2.Ir/c1-20-11-12-23-22(15-20)16-27-31-30-25(13-14-35-31)24-10-8-9-21(18-33(2,3)4)26(24)17-29(30)36-32(27)28(23)19-34(5,6)7;1-32(2,3)18-21-11-9-13-23-24-14-15-34-30-26-16-20-10-7-8-12-22(20)27(19-33(4,5)6)31(26)35-28(29(24)30)17-25(21)23;1-6-11(7-2)12(15)10-13(16)14(5,8-3)9-4;/h8-15,17H,18-19H2,1-7H3;7-15,17H,18-19H2,1-6H3;10-11,16H,6-9H2,1-5H3;/q2*-1;;/b;;13-10-;/i13D,14D;15D;;. The molecule has 12 rings (SSSR count). The molecule has 0 bridgehead atoms. The van der Waals surface area contributed by atoms with Crippen molar-refractivity contribution >= 4 is 70.4 Å². The van der Waals surface area contributed by atoms with Crippen molar-refractivity contribution in [2.75, 3.05) is 0 Å². The normalized spacial score (nSPS) is 13.6. The molecule has 6 nitrogen and oxygen atoms in total. The van der Waals surface area contributed by atoms with Gasteiger partial charge in [-0.25, -0.2) is 0 Å². The third-order valence-corrected chi connectivity index (χ3v) is 17.6. The fourth-order valence-electron chi connectivity index (χ4n) is 12.8. The summed E-state index contributed by atoms with van der Waals surface area (Å²) in [6.45, 7) is 39.2. The maximum atomic E-state index is 11.9. The number of carbonyl (C=O) groups excluding carboxylic acids is 1. The Morgan fingerprint density at radius 1 is 0.545 bits per heavy atom. The molecule has 2 aromatic heterocycles. The van der Waals surface area contributed by atoms with Crippen LogP contribution in [0.2, 0.25) is 0 Å². The number of carbonyl (C=O) groups is 1. The van der Waals surface area contributed by atoms with Crippen LogP contribution in [0.4, 0.5) is 0 Å². The minimum atomic E-state index is -0.248. The molecule has 88 heavy (non-hydrogen) atoms. The number of aryl methyl sites for hydroxylation is 1. The van der Waals surface area contributed by atoms with E-state index in [1.165, 1.54) is 39.1 Å². The second kappa shape index (κ2) is 25.2. The summed E-state index contributed by atoms with van der Waals surface area (Å²) in [6.07, 6.45) is 8.64. The van der Waals surface area contributed by atoms with E-state index in [-0.39, 0.29) is 83.0 Å². The van der Waals surface area contributed by atoms with Crippen LogP contribution < -0.4 is 9.47 Å². The Kier molecular flexibility index (Phi) is 17.5. The molecule has 10 aromatic rings. The van der Waals surface area contributed by atoms with Crippen LogP contribution in [0.3, 0.4) is 0 Å². The molecular formula is C81H92IrN2O4-2. The van der Waals surface area contributed by atoms with E-state index in [9.17, 15) is 9.90 Å². The molecule has 0 atom stereocenters. The van der Waals surface area contributed by atoms with E-state index in [2.05, 4.69) is 193 Å². The maximum absolute atomic E-state index is 11.9. The first-order valence-electron chi connectivity index (χ1n) is 33.2. The van der Waals surface area contributed by atoms with Gasteiger partial charge >= 0.3 is 0 Å². The van der Waals surface area contributed by atoms with Gasteiger partial charge in [0, 0.05) is 72.0 Å². The summed E-state index contributed by atoms with van der Waals surface area (Å²) in [5.74, 6) is 3.52. The van der Waals surface area contributed by atoms with Gasteiger partial charge in [0.15, 0.2) is 5.78 Å². The fourth-order valence-corrected chi connectivity index (χ4v) is 12.8. The molecule has 0 fully saturated rings. The molecule has 1 N–H and O–H groups in total. The van der Waals surface area contributed by atoms with E-state index in [0.29, 0.717) is 11.4 Å². The first kappa shape index (κ1) is 61.3. The number of ether oxygens (including phenoxy) is 2. The van der Waals surface area contributed by atoms with Crippen LogP contribution >= 0.6 is 0 Å². The van der Waals surface area contributed by atoms with Crippen LogP contribution in [0.15, 0.2) is 127 Å². The summed E-state index contributed by atoms with van der Waals surface area (Å²) in [5.41, 5.74) is 9.31. The first-order valence-corrected chi connectivity index (χ1v) is 31.7. The van der Waals surface area contributed by atoms with Crippen molar-refractivity contribution in [1.82, 2.24) is 9.97 Å². The number of allylic oxidation sites excluding steroid dienone is 2. The summed E-state index contributed by atoms with van der Waals surface area (Å²) in [6, 6.07) is 41.3. The topological polar surface area (TPSA) is 81.5 Å². The van der Waals surface area contributed by atoms with Gasteiger partial charge in [0.25, 0.3) is 0 Å². The molecule has 461 valence electrons. The van der Waals surface area contributed by atoms with Crippen LogP contribution in [0.1, 0.15) is 175 Å². The minimum Gasteiger partial charge on any atom is -0.512 e. The molecule has 0 unspecified atom stereocenters. The number of hydrogen-bond acceptors (Lipinski definition) is 6. The van der Waals surface area contributed by atoms with Gasteiger partial charge in [-0.2, -0.15) is 0 Å². The Hall–Kier alpha value is -6.92. The number of rotatable bonds is 11. The Morgan fingerprint density at radius 2 is 1.01 bits per heavy atom. The zero-order valence-electron chi connectivity index (χ0n) is 58.4. The number of benzene rings is 8. The van der Waals surface area contributed by atoms with Crippen molar-refractivity contribution in [2.24, 2.45) is 33.0 Å². The van der Waals surface area contributed by atoms with Crippen molar-refractivity contribution < 1.29 is 43.6 Å². The summed E-state index contributed by atoms with van der Waals surface area (Å²) in [7, 11) is 0. The molecule has 0 aliphatic carbocycles. The van der Waals surface area contributed by atoms with E-state index < -0.39 is 0 Å². The Balaban J connectivity index is 0.000000174. The largest absolute Gasteiger partial charge is 0.512 e. The Labute approximate surface area is 542 Å². The zero-order chi connectivity index (χ0) is 65.3. The predicted octanol–water partition coefficient (Wildman–Crippen LogP) is 23.1. The van der Waals surface area contributed by atoms with Crippen molar-refractivity contribution in [2.45, 2.75) is 176 Å². The molecule has 0 spiro atoms. The molecule has 8 aromatic carbocycles. The molecular weight excluding hydrogens is 1260 g/mol. The molecule has 0 amide bonds. The number of aromatic nitrogens is 2. The number of aliphatic hydroxyl groups is 1. The number of pyridine rings is 2. The summed E-state index contributed by atoms with van der Waals surface area (Å²) >= 11 is 0. The number of aliphatic hydroxyl groups excluding tert-OH is 1. The molecule has 1 radical (unpaired) electrons.